The fourth-order valence-electron chi connectivity index (χ4n) is 3.02. The minimum absolute atomic E-state index is 0.0563. The second kappa shape index (κ2) is 6.69. The normalized spacial score (nSPS) is 10.8. The van der Waals surface area contributed by atoms with Gasteiger partial charge in [0.05, 0.1) is 5.39 Å². The van der Waals surface area contributed by atoms with Gasteiger partial charge in [0, 0.05) is 21.7 Å². The van der Waals surface area contributed by atoms with Gasteiger partial charge in [0.25, 0.3) is 0 Å². The summed E-state index contributed by atoms with van der Waals surface area (Å²) in [6.07, 6.45) is 1.58. The summed E-state index contributed by atoms with van der Waals surface area (Å²) in [4.78, 5) is 22.5. The van der Waals surface area contributed by atoms with E-state index >= 15 is 0 Å². The van der Waals surface area contributed by atoms with Gasteiger partial charge in [-0.1, -0.05) is 30.3 Å². The number of carbonyl (C=O) groups is 1. The van der Waals surface area contributed by atoms with Crippen LogP contribution in [0.4, 0.5) is 11.5 Å². The SMILES string of the molecule is CC(=O)c1ccc(Nc2ncnc3sc(C)c(-c4ccccc4)c23)cc1. The molecule has 0 aliphatic carbocycles. The Morgan fingerprint density at radius 2 is 1.73 bits per heavy atom. The molecule has 2 aromatic heterocycles. The Labute approximate surface area is 155 Å². The summed E-state index contributed by atoms with van der Waals surface area (Å²) in [5, 5.41) is 4.41. The lowest BCUT2D eigenvalue weighted by Crippen LogP contribution is -1.97. The topological polar surface area (TPSA) is 54.9 Å². The molecule has 128 valence electrons. The standard InChI is InChI=1S/C21H17N3OS/c1-13(25)15-8-10-17(11-9-15)24-20-19-18(16-6-4-3-5-7-16)14(2)26-21(19)23-12-22-20/h3-12H,1-2H3,(H,22,23,24). The van der Waals surface area contributed by atoms with Gasteiger partial charge in [0.15, 0.2) is 5.78 Å². The molecule has 0 spiro atoms. The predicted molar refractivity (Wildman–Crippen MR) is 107 cm³/mol. The number of carbonyl (C=O) groups excluding carboxylic acids is 1. The van der Waals surface area contributed by atoms with Crippen molar-refractivity contribution in [2.24, 2.45) is 0 Å². The quantitative estimate of drug-likeness (QED) is 0.481. The first kappa shape index (κ1) is 16.4. The number of benzene rings is 2. The number of nitrogens with zero attached hydrogens (tertiary/aromatic N) is 2. The molecule has 0 atom stereocenters. The molecule has 2 heterocycles. The van der Waals surface area contributed by atoms with Gasteiger partial charge in [-0.05, 0) is 43.7 Å². The van der Waals surface area contributed by atoms with E-state index in [1.54, 1.807) is 24.6 Å². The minimum Gasteiger partial charge on any atom is -0.340 e. The largest absolute Gasteiger partial charge is 0.340 e. The Hall–Kier alpha value is -3.05. The molecule has 0 radical (unpaired) electrons. The molecule has 2 aromatic carbocycles. The number of Topliss-reactive ketones (excluding diaryl/α,β-unsaturated/α-hetero) is 1. The van der Waals surface area contributed by atoms with Gasteiger partial charge in [-0.3, -0.25) is 4.79 Å². The number of ketones is 1. The van der Waals surface area contributed by atoms with Crippen LogP contribution in [0.25, 0.3) is 21.3 Å². The van der Waals surface area contributed by atoms with Crippen LogP contribution in [0.2, 0.25) is 0 Å². The zero-order valence-corrected chi connectivity index (χ0v) is 15.3. The highest BCUT2D eigenvalue weighted by molar-refractivity contribution is 7.19. The number of hydrogen-bond donors (Lipinski definition) is 1. The first-order valence-corrected chi connectivity index (χ1v) is 9.12. The first-order chi connectivity index (χ1) is 12.6. The van der Waals surface area contributed by atoms with E-state index in [2.05, 4.69) is 34.3 Å². The van der Waals surface area contributed by atoms with Crippen molar-refractivity contribution in [3.05, 3.63) is 71.4 Å². The van der Waals surface area contributed by atoms with E-state index in [1.807, 2.05) is 42.5 Å². The molecule has 0 aliphatic rings. The number of aryl methyl sites for hydroxylation is 1. The van der Waals surface area contributed by atoms with Crippen LogP contribution >= 0.6 is 11.3 Å². The molecule has 4 nitrogen and oxygen atoms in total. The Kier molecular flexibility index (Phi) is 4.22. The monoisotopic (exact) mass is 359 g/mol. The van der Waals surface area contributed by atoms with E-state index in [-0.39, 0.29) is 5.78 Å². The summed E-state index contributed by atoms with van der Waals surface area (Å²) >= 11 is 1.67. The van der Waals surface area contributed by atoms with Crippen molar-refractivity contribution < 1.29 is 4.79 Å². The molecule has 5 heteroatoms. The van der Waals surface area contributed by atoms with E-state index in [0.29, 0.717) is 5.56 Å². The van der Waals surface area contributed by atoms with Gasteiger partial charge >= 0.3 is 0 Å². The van der Waals surface area contributed by atoms with E-state index in [1.165, 1.54) is 4.88 Å². The summed E-state index contributed by atoms with van der Waals surface area (Å²) in [6, 6.07) is 17.7. The average molecular weight is 359 g/mol. The molecule has 0 bridgehead atoms. The minimum atomic E-state index is 0.0563. The van der Waals surface area contributed by atoms with Crippen LogP contribution in [-0.2, 0) is 0 Å². The van der Waals surface area contributed by atoms with Crippen LogP contribution in [0.3, 0.4) is 0 Å². The van der Waals surface area contributed by atoms with Crippen molar-refractivity contribution in [1.29, 1.82) is 0 Å². The van der Waals surface area contributed by atoms with Gasteiger partial charge in [-0.15, -0.1) is 11.3 Å². The molecule has 4 aromatic rings. The third-order valence-electron chi connectivity index (χ3n) is 4.28. The third kappa shape index (κ3) is 2.97. The van der Waals surface area contributed by atoms with Crippen LogP contribution in [0.5, 0.6) is 0 Å². The molecule has 0 fully saturated rings. The Morgan fingerprint density at radius 1 is 1.00 bits per heavy atom. The van der Waals surface area contributed by atoms with Crippen LogP contribution in [0.15, 0.2) is 60.9 Å². The van der Waals surface area contributed by atoms with Crippen molar-refractivity contribution in [3.63, 3.8) is 0 Å². The summed E-state index contributed by atoms with van der Waals surface area (Å²) in [6.45, 7) is 3.68. The zero-order chi connectivity index (χ0) is 18.1. The second-order valence-electron chi connectivity index (χ2n) is 6.06. The lowest BCUT2D eigenvalue weighted by atomic mass is 10.0. The lowest BCUT2D eigenvalue weighted by molar-refractivity contribution is 0.101. The van der Waals surface area contributed by atoms with E-state index in [4.69, 9.17) is 0 Å². The maximum Gasteiger partial charge on any atom is 0.159 e. The van der Waals surface area contributed by atoms with Gasteiger partial charge in [0.2, 0.25) is 0 Å². The number of thiophene rings is 1. The fourth-order valence-corrected chi connectivity index (χ4v) is 4.03. The van der Waals surface area contributed by atoms with Crippen molar-refractivity contribution in [2.75, 3.05) is 5.32 Å². The zero-order valence-electron chi connectivity index (χ0n) is 14.5. The van der Waals surface area contributed by atoms with Crippen molar-refractivity contribution in [2.45, 2.75) is 13.8 Å². The lowest BCUT2D eigenvalue weighted by Gasteiger charge is -2.09. The van der Waals surface area contributed by atoms with Crippen LogP contribution in [0, 0.1) is 6.92 Å². The maximum atomic E-state index is 11.5. The third-order valence-corrected chi connectivity index (χ3v) is 5.29. The summed E-state index contributed by atoms with van der Waals surface area (Å²) in [7, 11) is 0. The number of fused-ring (bicyclic) bond motifs is 1. The molecule has 0 aliphatic heterocycles. The molecule has 0 saturated heterocycles. The van der Waals surface area contributed by atoms with Gasteiger partial charge in [-0.2, -0.15) is 0 Å². The summed E-state index contributed by atoms with van der Waals surface area (Å²) in [5.74, 6) is 0.828. The van der Waals surface area contributed by atoms with E-state index < -0.39 is 0 Å². The van der Waals surface area contributed by atoms with E-state index in [0.717, 1.165) is 32.8 Å². The number of aromatic nitrogens is 2. The van der Waals surface area contributed by atoms with Gasteiger partial charge in [-0.25, -0.2) is 9.97 Å². The highest BCUT2D eigenvalue weighted by Crippen LogP contribution is 2.40. The van der Waals surface area contributed by atoms with Crippen LogP contribution in [0.1, 0.15) is 22.2 Å². The molecule has 1 N–H and O–H groups in total. The Morgan fingerprint density at radius 3 is 2.42 bits per heavy atom. The highest BCUT2D eigenvalue weighted by Gasteiger charge is 2.16. The molecular formula is C21H17N3OS. The van der Waals surface area contributed by atoms with Crippen molar-refractivity contribution in [1.82, 2.24) is 9.97 Å². The van der Waals surface area contributed by atoms with E-state index in [9.17, 15) is 4.79 Å². The summed E-state index contributed by atoms with van der Waals surface area (Å²) in [5.41, 5.74) is 3.90. The average Bonchev–Trinajstić information content (AvgIpc) is 3.00. The number of hydrogen-bond acceptors (Lipinski definition) is 5. The smallest absolute Gasteiger partial charge is 0.159 e. The molecule has 0 unspecified atom stereocenters. The predicted octanol–water partition coefficient (Wildman–Crippen LogP) is 5.61. The van der Waals surface area contributed by atoms with Crippen LogP contribution in [-0.4, -0.2) is 15.8 Å². The molecule has 26 heavy (non-hydrogen) atoms. The Bertz CT molecular complexity index is 1090. The number of rotatable bonds is 4. The van der Waals surface area contributed by atoms with Crippen LogP contribution < -0.4 is 5.32 Å². The second-order valence-corrected chi connectivity index (χ2v) is 7.26. The maximum absolute atomic E-state index is 11.5. The number of anilines is 2. The van der Waals surface area contributed by atoms with Crippen molar-refractivity contribution >= 4 is 38.8 Å². The summed E-state index contributed by atoms with van der Waals surface area (Å²) < 4.78 is 0. The molecule has 0 amide bonds. The molecule has 0 saturated carbocycles. The highest BCUT2D eigenvalue weighted by atomic mass is 32.1. The number of nitrogens with one attached hydrogen (secondary N) is 1. The molecule has 4 rings (SSSR count). The Balaban J connectivity index is 1.82. The first-order valence-electron chi connectivity index (χ1n) is 8.31. The molecular weight excluding hydrogens is 342 g/mol. The van der Waals surface area contributed by atoms with Crippen molar-refractivity contribution in [3.8, 4) is 11.1 Å². The van der Waals surface area contributed by atoms with Gasteiger partial charge in [0.1, 0.15) is 17.0 Å². The van der Waals surface area contributed by atoms with Gasteiger partial charge < -0.3 is 5.32 Å². The fraction of sp³-hybridized carbons (Fsp3) is 0.0952.